The minimum Gasteiger partial charge on any atom is -0.324 e. The summed E-state index contributed by atoms with van der Waals surface area (Å²) in [6.07, 6.45) is 5.53. The van der Waals surface area contributed by atoms with E-state index in [1.54, 1.807) is 10.9 Å². The summed E-state index contributed by atoms with van der Waals surface area (Å²) >= 11 is 0. The smallest absolute Gasteiger partial charge is 0.252 e. The Labute approximate surface area is 168 Å². The van der Waals surface area contributed by atoms with Crippen LogP contribution in [0, 0.1) is 0 Å². The molecule has 0 unspecified atom stereocenters. The van der Waals surface area contributed by atoms with Gasteiger partial charge in [0, 0.05) is 35.4 Å². The first-order valence-electron chi connectivity index (χ1n) is 9.84. The maximum absolute atomic E-state index is 13.3. The van der Waals surface area contributed by atoms with Gasteiger partial charge in [0.2, 0.25) is 0 Å². The number of aryl methyl sites for hydroxylation is 1. The number of nitrogens with one attached hydrogen (secondary N) is 3. The maximum atomic E-state index is 13.3. The Kier molecular flexibility index (Phi) is 5.26. The second-order valence-electron chi connectivity index (χ2n) is 7.21. The van der Waals surface area contributed by atoms with Gasteiger partial charge in [-0.25, -0.2) is 4.98 Å². The summed E-state index contributed by atoms with van der Waals surface area (Å²) < 4.78 is 1.76. The van der Waals surface area contributed by atoms with Gasteiger partial charge in [-0.2, -0.15) is 5.10 Å². The molecule has 4 rings (SSSR count). The molecule has 0 spiro atoms. The number of hydrogen-bond donors (Lipinski definition) is 3. The number of rotatable bonds is 5. The summed E-state index contributed by atoms with van der Waals surface area (Å²) in [5.74, 6) is 0.401. The Hall–Kier alpha value is -3.26. The number of aromatic amines is 1. The van der Waals surface area contributed by atoms with Gasteiger partial charge in [-0.05, 0) is 50.6 Å². The van der Waals surface area contributed by atoms with Crippen molar-refractivity contribution in [2.45, 2.75) is 31.7 Å². The molecule has 150 valence electrons. The first kappa shape index (κ1) is 19.1. The number of aromatic nitrogens is 4. The number of amides is 1. The highest BCUT2D eigenvalue weighted by Crippen LogP contribution is 2.29. The van der Waals surface area contributed by atoms with Gasteiger partial charge in [-0.1, -0.05) is 19.1 Å². The van der Waals surface area contributed by atoms with Crippen LogP contribution in [-0.4, -0.2) is 38.7 Å². The van der Waals surface area contributed by atoms with E-state index >= 15 is 0 Å². The number of benzene rings is 1. The molecule has 0 atom stereocenters. The number of H-pyrrole nitrogens is 1. The lowest BCUT2D eigenvalue weighted by Crippen LogP contribution is -2.52. The molecule has 1 fully saturated rings. The monoisotopic (exact) mass is 392 g/mol. The minimum atomic E-state index is -0.723. The van der Waals surface area contributed by atoms with Crippen molar-refractivity contribution >= 4 is 11.6 Å². The topological polar surface area (TPSA) is 105 Å². The first-order valence-corrected chi connectivity index (χ1v) is 9.84. The van der Waals surface area contributed by atoms with Crippen LogP contribution in [0.25, 0.3) is 11.4 Å². The van der Waals surface area contributed by atoms with E-state index in [4.69, 9.17) is 0 Å². The Balaban J connectivity index is 1.63. The summed E-state index contributed by atoms with van der Waals surface area (Å²) in [4.78, 5) is 32.5. The molecule has 1 amide bonds. The van der Waals surface area contributed by atoms with Gasteiger partial charge >= 0.3 is 0 Å². The van der Waals surface area contributed by atoms with Crippen LogP contribution in [0.1, 0.15) is 25.5 Å². The predicted octanol–water partition coefficient (Wildman–Crippen LogP) is 1.91. The summed E-state index contributed by atoms with van der Waals surface area (Å²) in [6.45, 7) is 3.46. The average molecular weight is 392 g/mol. The van der Waals surface area contributed by atoms with Crippen molar-refractivity contribution < 1.29 is 4.79 Å². The van der Waals surface area contributed by atoms with Gasteiger partial charge in [0.1, 0.15) is 11.4 Å². The van der Waals surface area contributed by atoms with E-state index in [2.05, 4.69) is 25.7 Å². The fourth-order valence-electron chi connectivity index (χ4n) is 3.74. The van der Waals surface area contributed by atoms with Crippen molar-refractivity contribution in [1.82, 2.24) is 25.1 Å². The van der Waals surface area contributed by atoms with Gasteiger partial charge in [0.15, 0.2) is 0 Å². The molecular weight excluding hydrogens is 368 g/mol. The summed E-state index contributed by atoms with van der Waals surface area (Å²) in [5, 5.41) is 10.7. The number of nitrogens with zero attached hydrogens (tertiary/aromatic N) is 3. The molecule has 1 aromatic carbocycles. The van der Waals surface area contributed by atoms with Crippen molar-refractivity contribution in [3.63, 3.8) is 0 Å². The minimum absolute atomic E-state index is 0.0939. The number of hydrogen-bond acceptors (Lipinski definition) is 5. The Bertz CT molecular complexity index is 1050. The number of carbonyl (C=O) groups excluding carboxylic acids is 1. The van der Waals surface area contributed by atoms with Crippen LogP contribution in [0.5, 0.6) is 0 Å². The van der Waals surface area contributed by atoms with Crippen LogP contribution in [0.3, 0.4) is 0 Å². The molecule has 1 aliphatic rings. The molecule has 29 heavy (non-hydrogen) atoms. The molecule has 0 bridgehead atoms. The molecule has 1 saturated heterocycles. The number of piperidine rings is 1. The summed E-state index contributed by atoms with van der Waals surface area (Å²) in [7, 11) is 0. The largest absolute Gasteiger partial charge is 0.324 e. The van der Waals surface area contributed by atoms with Crippen molar-refractivity contribution in [3.8, 4) is 11.4 Å². The van der Waals surface area contributed by atoms with E-state index in [9.17, 15) is 9.59 Å². The molecule has 1 aliphatic heterocycles. The lowest BCUT2D eigenvalue weighted by Gasteiger charge is -2.36. The van der Waals surface area contributed by atoms with Gasteiger partial charge in [-0.15, -0.1) is 0 Å². The molecule has 8 heteroatoms. The molecular formula is C21H24N6O2. The van der Waals surface area contributed by atoms with E-state index in [0.29, 0.717) is 30.8 Å². The van der Waals surface area contributed by atoms with Crippen LogP contribution < -0.4 is 16.2 Å². The Morgan fingerprint density at radius 2 is 2.07 bits per heavy atom. The van der Waals surface area contributed by atoms with Crippen LogP contribution in [0.15, 0.2) is 53.6 Å². The lowest BCUT2D eigenvalue weighted by atomic mass is 9.87. The molecule has 0 radical (unpaired) electrons. The second-order valence-corrected chi connectivity index (χ2v) is 7.21. The Morgan fingerprint density at radius 3 is 2.79 bits per heavy atom. The normalized spacial score (nSPS) is 15.8. The van der Waals surface area contributed by atoms with E-state index in [1.165, 1.54) is 6.07 Å². The fourth-order valence-corrected chi connectivity index (χ4v) is 3.74. The average Bonchev–Trinajstić information content (AvgIpc) is 3.29. The molecule has 3 aromatic rings. The van der Waals surface area contributed by atoms with Crippen molar-refractivity contribution in [3.05, 3.63) is 64.8 Å². The van der Waals surface area contributed by atoms with E-state index in [1.807, 2.05) is 43.5 Å². The lowest BCUT2D eigenvalue weighted by molar-refractivity contribution is -0.126. The predicted molar refractivity (Wildman–Crippen MR) is 111 cm³/mol. The highest BCUT2D eigenvalue weighted by Gasteiger charge is 2.42. The highest BCUT2D eigenvalue weighted by molar-refractivity contribution is 5.97. The fraction of sp³-hybridized carbons (Fsp3) is 0.333. The number of carbonyl (C=O) groups is 1. The third-order valence-electron chi connectivity index (χ3n) is 5.35. The summed E-state index contributed by atoms with van der Waals surface area (Å²) in [6, 6.07) is 10.7. The van der Waals surface area contributed by atoms with E-state index < -0.39 is 5.54 Å². The molecule has 0 aliphatic carbocycles. The molecule has 3 heterocycles. The van der Waals surface area contributed by atoms with Crippen molar-refractivity contribution in [1.29, 1.82) is 0 Å². The van der Waals surface area contributed by atoms with Crippen LogP contribution >= 0.6 is 0 Å². The summed E-state index contributed by atoms with van der Waals surface area (Å²) in [5.41, 5.74) is 1.22. The maximum Gasteiger partial charge on any atom is 0.252 e. The van der Waals surface area contributed by atoms with Gasteiger partial charge < -0.3 is 15.6 Å². The molecule has 3 N–H and O–H groups in total. The highest BCUT2D eigenvalue weighted by atomic mass is 16.2. The van der Waals surface area contributed by atoms with Crippen molar-refractivity contribution in [2.24, 2.45) is 0 Å². The molecule has 0 saturated carbocycles. The van der Waals surface area contributed by atoms with Gasteiger partial charge in [0.05, 0.1) is 0 Å². The van der Waals surface area contributed by atoms with Gasteiger partial charge in [0.25, 0.3) is 11.5 Å². The van der Waals surface area contributed by atoms with Crippen LogP contribution in [0.4, 0.5) is 5.69 Å². The van der Waals surface area contributed by atoms with E-state index in [0.717, 1.165) is 24.3 Å². The second kappa shape index (κ2) is 8.00. The quantitative estimate of drug-likeness (QED) is 0.615. The zero-order valence-electron chi connectivity index (χ0n) is 16.3. The van der Waals surface area contributed by atoms with E-state index in [-0.39, 0.29) is 11.5 Å². The Morgan fingerprint density at radius 1 is 1.24 bits per heavy atom. The zero-order valence-corrected chi connectivity index (χ0v) is 16.3. The van der Waals surface area contributed by atoms with Gasteiger partial charge in [-0.3, -0.25) is 14.3 Å². The first-order chi connectivity index (χ1) is 14.1. The third-order valence-corrected chi connectivity index (χ3v) is 5.35. The molecule has 8 nitrogen and oxygen atoms in total. The zero-order chi connectivity index (χ0) is 20.3. The standard InChI is InChI=1S/C21H24N6O2/c1-2-16-14-18(28)26-19(24-16)15-5-3-6-17(13-15)25-20(29)21(7-10-22-11-8-21)27-12-4-9-23-27/h3-6,9,12-14,22H,2,7-8,10-11H2,1H3,(H,25,29)(H,24,26,28). The number of anilines is 1. The molecule has 2 aromatic heterocycles. The van der Waals surface area contributed by atoms with Crippen molar-refractivity contribution in [2.75, 3.05) is 18.4 Å². The third kappa shape index (κ3) is 3.84. The van der Waals surface area contributed by atoms with Crippen LogP contribution in [-0.2, 0) is 16.8 Å². The SMILES string of the molecule is CCc1cc(=O)[nH]c(-c2cccc(NC(=O)C3(n4cccn4)CCNCC3)c2)n1. The van der Waals surface area contributed by atoms with Crippen LogP contribution in [0.2, 0.25) is 0 Å².